The zero-order valence-electron chi connectivity index (χ0n) is 20.6. The summed E-state index contributed by atoms with van der Waals surface area (Å²) in [5, 5.41) is 0. The fourth-order valence-electron chi connectivity index (χ4n) is 3.88. The average molecular weight is 485 g/mol. The van der Waals surface area contributed by atoms with Crippen LogP contribution in [0.25, 0.3) is 0 Å². The number of ether oxygens (including phenoxy) is 5. The summed E-state index contributed by atoms with van der Waals surface area (Å²) in [6.07, 6.45) is -0.0732. The van der Waals surface area contributed by atoms with E-state index in [0.717, 1.165) is 11.1 Å². The van der Waals surface area contributed by atoms with Crippen LogP contribution >= 0.6 is 0 Å². The Kier molecular flexibility index (Phi) is 11.2. The van der Waals surface area contributed by atoms with Gasteiger partial charge in [0.05, 0.1) is 19.3 Å². The molecule has 0 aromatic heterocycles. The Labute approximate surface area is 207 Å². The Morgan fingerprint density at radius 1 is 0.829 bits per heavy atom. The summed E-state index contributed by atoms with van der Waals surface area (Å²) in [6, 6.07) is 19.7. The maximum absolute atomic E-state index is 12.2. The van der Waals surface area contributed by atoms with Crippen molar-refractivity contribution in [3.63, 3.8) is 0 Å². The topological polar surface area (TPSA) is 80.3 Å². The van der Waals surface area contributed by atoms with E-state index >= 15 is 0 Å². The van der Waals surface area contributed by atoms with Crippen molar-refractivity contribution < 1.29 is 33.3 Å². The van der Waals surface area contributed by atoms with Gasteiger partial charge in [-0.15, -0.1) is 0 Å². The molecule has 0 bridgehead atoms. The van der Waals surface area contributed by atoms with Crippen LogP contribution in [0.5, 0.6) is 0 Å². The number of carbonyl (C=O) groups excluding carboxylic acids is 2. The van der Waals surface area contributed by atoms with Gasteiger partial charge in [0.1, 0.15) is 18.8 Å². The highest BCUT2D eigenvalue weighted by Gasteiger charge is 2.42. The largest absolute Gasteiger partial charge is 0.463 e. The normalized spacial score (nSPS) is 21.9. The van der Waals surface area contributed by atoms with Gasteiger partial charge in [-0.2, -0.15) is 0 Å². The van der Waals surface area contributed by atoms with Crippen LogP contribution in [0.2, 0.25) is 0 Å². The Balaban J connectivity index is 1.76. The van der Waals surface area contributed by atoms with Crippen molar-refractivity contribution >= 4 is 11.9 Å². The second kappa shape index (κ2) is 14.6. The monoisotopic (exact) mass is 484 g/mol. The second-order valence-electron chi connectivity index (χ2n) is 8.61. The van der Waals surface area contributed by atoms with Crippen LogP contribution in [0.4, 0.5) is 0 Å². The molecule has 1 aliphatic rings. The smallest absolute Gasteiger partial charge is 0.308 e. The van der Waals surface area contributed by atoms with Crippen molar-refractivity contribution in [1.29, 1.82) is 0 Å². The molecule has 0 spiro atoms. The lowest BCUT2D eigenvalue weighted by atomic mass is 10.0. The molecule has 0 radical (unpaired) electrons. The molecule has 2 aromatic carbocycles. The maximum atomic E-state index is 12.2. The van der Waals surface area contributed by atoms with E-state index in [9.17, 15) is 9.59 Å². The lowest BCUT2D eigenvalue weighted by molar-refractivity contribution is -0.270. The van der Waals surface area contributed by atoms with Gasteiger partial charge in [-0.25, -0.2) is 0 Å². The molecular formula is C28H36O7. The van der Waals surface area contributed by atoms with Crippen LogP contribution in [-0.2, 0) is 46.5 Å². The van der Waals surface area contributed by atoms with Gasteiger partial charge < -0.3 is 23.7 Å². The highest BCUT2D eigenvalue weighted by molar-refractivity contribution is 5.69. The van der Waals surface area contributed by atoms with Crippen LogP contribution in [0.3, 0.4) is 0 Å². The fourth-order valence-corrected chi connectivity index (χ4v) is 3.88. The lowest BCUT2D eigenvalue weighted by Crippen LogP contribution is -2.53. The summed E-state index contributed by atoms with van der Waals surface area (Å²) in [4.78, 5) is 24.3. The number of hydrogen-bond acceptors (Lipinski definition) is 7. The first-order valence-electron chi connectivity index (χ1n) is 12.4. The lowest BCUT2D eigenvalue weighted by Gasteiger charge is -2.40. The van der Waals surface area contributed by atoms with Gasteiger partial charge in [0.2, 0.25) is 6.29 Å². The number of esters is 2. The molecule has 0 N–H and O–H groups in total. The van der Waals surface area contributed by atoms with Crippen molar-refractivity contribution in [2.45, 2.75) is 83.8 Å². The first-order valence-corrected chi connectivity index (χ1v) is 12.4. The van der Waals surface area contributed by atoms with E-state index in [0.29, 0.717) is 45.3 Å². The van der Waals surface area contributed by atoms with Crippen LogP contribution in [0.1, 0.15) is 57.1 Å². The average Bonchev–Trinajstić information content (AvgIpc) is 2.87. The molecule has 7 heteroatoms. The van der Waals surface area contributed by atoms with Gasteiger partial charge in [0, 0.05) is 19.3 Å². The van der Waals surface area contributed by atoms with Crippen molar-refractivity contribution in [2.75, 3.05) is 6.61 Å². The number of hydrogen-bond donors (Lipinski definition) is 0. The summed E-state index contributed by atoms with van der Waals surface area (Å²) in [5.41, 5.74) is 2.03. The third kappa shape index (κ3) is 9.09. The molecule has 2 aromatic rings. The summed E-state index contributed by atoms with van der Waals surface area (Å²) < 4.78 is 29.7. The number of carbonyl (C=O) groups is 2. The van der Waals surface area contributed by atoms with Crippen LogP contribution in [0.15, 0.2) is 60.7 Å². The SMILES string of the molecule is CCCC(=O)OC[C@H]1OC(OC(=O)CCC)C[C@H](OCc2ccccc2)[C@H]1OCc1ccccc1. The first-order chi connectivity index (χ1) is 17.1. The van der Waals surface area contributed by atoms with E-state index in [-0.39, 0.29) is 18.5 Å². The summed E-state index contributed by atoms with van der Waals surface area (Å²) in [5.74, 6) is -0.630. The molecule has 1 saturated heterocycles. The van der Waals surface area contributed by atoms with Crippen LogP contribution in [-0.4, -0.2) is 43.1 Å². The molecule has 1 fully saturated rings. The van der Waals surface area contributed by atoms with Gasteiger partial charge in [-0.3, -0.25) is 9.59 Å². The van der Waals surface area contributed by atoms with E-state index in [4.69, 9.17) is 23.7 Å². The Morgan fingerprint density at radius 3 is 2.00 bits per heavy atom. The zero-order chi connectivity index (χ0) is 24.9. The van der Waals surface area contributed by atoms with Gasteiger partial charge in [-0.05, 0) is 24.0 Å². The molecular weight excluding hydrogens is 448 g/mol. The molecule has 1 heterocycles. The predicted octanol–water partition coefficient (Wildman–Crippen LogP) is 4.96. The minimum Gasteiger partial charge on any atom is -0.463 e. The summed E-state index contributed by atoms with van der Waals surface area (Å²) >= 11 is 0. The van der Waals surface area contributed by atoms with Gasteiger partial charge in [-0.1, -0.05) is 74.5 Å². The molecule has 190 valence electrons. The van der Waals surface area contributed by atoms with E-state index in [1.165, 1.54) is 0 Å². The number of benzene rings is 2. The predicted molar refractivity (Wildman–Crippen MR) is 130 cm³/mol. The Hall–Kier alpha value is -2.74. The molecule has 1 unspecified atom stereocenters. The van der Waals surface area contributed by atoms with Crippen LogP contribution in [0, 0.1) is 0 Å². The van der Waals surface area contributed by atoms with E-state index < -0.39 is 24.6 Å². The molecule has 1 aliphatic heterocycles. The van der Waals surface area contributed by atoms with Gasteiger partial charge in [0.15, 0.2) is 0 Å². The molecule has 7 nitrogen and oxygen atoms in total. The quantitative estimate of drug-likeness (QED) is 0.372. The molecule has 0 aliphatic carbocycles. The summed E-state index contributed by atoms with van der Waals surface area (Å²) in [7, 11) is 0. The molecule has 0 saturated carbocycles. The first kappa shape index (κ1) is 26.9. The molecule has 4 atom stereocenters. The maximum Gasteiger partial charge on any atom is 0.308 e. The van der Waals surface area contributed by atoms with Gasteiger partial charge in [0.25, 0.3) is 0 Å². The van der Waals surface area contributed by atoms with Crippen molar-refractivity contribution in [3.05, 3.63) is 71.8 Å². The zero-order valence-corrected chi connectivity index (χ0v) is 20.6. The Bertz CT molecular complexity index is 887. The van der Waals surface area contributed by atoms with Crippen LogP contribution < -0.4 is 0 Å². The molecule has 3 rings (SSSR count). The minimum atomic E-state index is -0.804. The van der Waals surface area contributed by atoms with E-state index in [1.807, 2.05) is 74.5 Å². The Morgan fingerprint density at radius 2 is 1.40 bits per heavy atom. The highest BCUT2D eigenvalue weighted by atomic mass is 16.7. The third-order valence-corrected chi connectivity index (χ3v) is 5.66. The molecule has 0 amide bonds. The molecule has 35 heavy (non-hydrogen) atoms. The highest BCUT2D eigenvalue weighted by Crippen LogP contribution is 2.28. The van der Waals surface area contributed by atoms with E-state index in [2.05, 4.69) is 0 Å². The fraction of sp³-hybridized carbons (Fsp3) is 0.500. The van der Waals surface area contributed by atoms with Crippen molar-refractivity contribution in [1.82, 2.24) is 0 Å². The summed E-state index contributed by atoms with van der Waals surface area (Å²) in [6.45, 7) is 4.54. The van der Waals surface area contributed by atoms with Gasteiger partial charge >= 0.3 is 11.9 Å². The van der Waals surface area contributed by atoms with Crippen molar-refractivity contribution in [2.24, 2.45) is 0 Å². The third-order valence-electron chi connectivity index (χ3n) is 5.66. The minimum absolute atomic E-state index is 0.00862. The number of rotatable bonds is 13. The second-order valence-corrected chi connectivity index (χ2v) is 8.61. The van der Waals surface area contributed by atoms with E-state index in [1.54, 1.807) is 0 Å². The standard InChI is InChI=1S/C28H36O7/c1-3-11-25(29)32-20-24-28(33-19-22-15-9-6-10-16-22)23(31-18-21-13-7-5-8-14-21)17-27(34-24)35-26(30)12-4-2/h5-10,13-16,23-24,27-28H,3-4,11-12,17-20H2,1-2H3/t23-,24+,27?,28+/m0/s1. The van der Waals surface area contributed by atoms with Crippen molar-refractivity contribution in [3.8, 4) is 0 Å².